The van der Waals surface area contributed by atoms with Crippen LogP contribution in [-0.4, -0.2) is 18.3 Å². The van der Waals surface area contributed by atoms with Crippen molar-refractivity contribution < 1.29 is 9.31 Å². The van der Waals surface area contributed by atoms with Gasteiger partial charge in [0.2, 0.25) is 0 Å². The molecule has 1 saturated heterocycles. The largest absolute Gasteiger partial charge is 0.495 e. The normalized spacial score (nSPS) is 26.3. The van der Waals surface area contributed by atoms with Crippen molar-refractivity contribution in [1.82, 2.24) is 0 Å². The fraction of sp³-hybridized carbons (Fsp3) is 0.412. The van der Waals surface area contributed by atoms with Crippen LogP contribution in [-0.2, 0) is 14.7 Å². The van der Waals surface area contributed by atoms with E-state index in [1.54, 1.807) is 0 Å². The van der Waals surface area contributed by atoms with Crippen LogP contribution in [0.15, 0.2) is 72.8 Å². The summed E-state index contributed by atoms with van der Waals surface area (Å²) in [4.78, 5) is 2.47. The minimum Gasteiger partial charge on any atom is -0.399 e. The van der Waals surface area contributed by atoms with E-state index < -0.39 is 18.3 Å². The molecule has 0 saturated carbocycles. The van der Waals surface area contributed by atoms with Crippen LogP contribution in [0.5, 0.6) is 0 Å². The molecule has 38 heavy (non-hydrogen) atoms. The molecule has 2 bridgehead atoms. The summed E-state index contributed by atoms with van der Waals surface area (Å²) in [6.45, 7) is 18.3. The summed E-state index contributed by atoms with van der Waals surface area (Å²) in [6.07, 6.45) is 4.90. The van der Waals surface area contributed by atoms with Gasteiger partial charge in [0.15, 0.2) is 0 Å². The lowest BCUT2D eigenvalue weighted by Crippen LogP contribution is -2.41. The highest BCUT2D eigenvalue weighted by Crippen LogP contribution is 2.65. The van der Waals surface area contributed by atoms with Gasteiger partial charge in [-0.1, -0.05) is 76.2 Å². The Labute approximate surface area is 228 Å². The molecular formula is C34H38BNO2. The van der Waals surface area contributed by atoms with Crippen molar-refractivity contribution in [3.63, 3.8) is 0 Å². The van der Waals surface area contributed by atoms with Crippen LogP contribution in [0.3, 0.4) is 0 Å². The first-order valence-corrected chi connectivity index (χ1v) is 14.1. The third-order valence-electron chi connectivity index (χ3n) is 10.3. The number of benzene rings is 3. The molecule has 3 aromatic rings. The van der Waals surface area contributed by atoms with Gasteiger partial charge in [0.1, 0.15) is 0 Å². The van der Waals surface area contributed by atoms with E-state index in [2.05, 4.69) is 133 Å². The Kier molecular flexibility index (Phi) is 4.74. The van der Waals surface area contributed by atoms with Crippen molar-refractivity contribution >= 4 is 29.6 Å². The Balaban J connectivity index is 1.57. The number of para-hydroxylation sites is 2. The third-order valence-corrected chi connectivity index (χ3v) is 10.3. The van der Waals surface area contributed by atoms with Crippen LogP contribution in [0.25, 0.3) is 0 Å². The molecule has 0 N–H and O–H groups in total. The van der Waals surface area contributed by atoms with Crippen molar-refractivity contribution in [1.29, 1.82) is 0 Å². The van der Waals surface area contributed by atoms with Crippen LogP contribution in [0, 0.1) is 5.41 Å². The lowest BCUT2D eigenvalue weighted by Gasteiger charge is -2.44. The molecule has 3 aromatic carbocycles. The zero-order chi connectivity index (χ0) is 26.8. The van der Waals surface area contributed by atoms with Gasteiger partial charge in [0.25, 0.3) is 0 Å². The van der Waals surface area contributed by atoms with E-state index in [1.807, 2.05) is 0 Å². The molecule has 2 aliphatic heterocycles. The molecular weight excluding hydrogens is 465 g/mol. The monoisotopic (exact) mass is 503 g/mol. The Bertz CT molecular complexity index is 1480. The molecule has 3 nitrogen and oxygen atoms in total. The number of nitrogens with zero attached hydrogens (tertiary/aromatic N) is 1. The molecule has 0 aromatic heterocycles. The van der Waals surface area contributed by atoms with Gasteiger partial charge in [-0.2, -0.15) is 0 Å². The van der Waals surface area contributed by atoms with Gasteiger partial charge in [-0.3, -0.25) is 0 Å². The quantitative estimate of drug-likeness (QED) is 0.262. The molecule has 7 rings (SSSR count). The Morgan fingerprint density at radius 2 is 1.26 bits per heavy atom. The van der Waals surface area contributed by atoms with E-state index in [-0.39, 0.29) is 10.8 Å². The second-order valence-electron chi connectivity index (χ2n) is 13.8. The second kappa shape index (κ2) is 7.43. The van der Waals surface area contributed by atoms with Crippen molar-refractivity contribution in [3.8, 4) is 0 Å². The van der Waals surface area contributed by atoms with E-state index in [1.165, 1.54) is 44.8 Å². The van der Waals surface area contributed by atoms with Gasteiger partial charge in [-0.15, -0.1) is 0 Å². The van der Waals surface area contributed by atoms with E-state index in [4.69, 9.17) is 9.31 Å². The lowest BCUT2D eigenvalue weighted by atomic mass is 9.65. The van der Waals surface area contributed by atoms with Crippen molar-refractivity contribution in [3.05, 3.63) is 95.1 Å². The summed E-state index contributed by atoms with van der Waals surface area (Å²) in [6, 6.07) is 22.1. The van der Waals surface area contributed by atoms with Crippen molar-refractivity contribution in [2.24, 2.45) is 5.41 Å². The highest BCUT2D eigenvalue weighted by molar-refractivity contribution is 6.63. The summed E-state index contributed by atoms with van der Waals surface area (Å²) < 4.78 is 13.5. The minimum absolute atomic E-state index is 0.112. The average Bonchev–Trinajstić information content (AvgIpc) is 3.37. The highest BCUT2D eigenvalue weighted by atomic mass is 16.7. The zero-order valence-electron chi connectivity index (χ0n) is 23.9. The summed E-state index contributed by atoms with van der Waals surface area (Å²) in [5.74, 6) is 0.709. The number of hydrogen-bond donors (Lipinski definition) is 0. The molecule has 194 valence electrons. The van der Waals surface area contributed by atoms with Crippen LogP contribution in [0.4, 0.5) is 17.1 Å². The number of fused-ring (bicyclic) bond motifs is 8. The first-order chi connectivity index (χ1) is 17.9. The smallest absolute Gasteiger partial charge is 0.399 e. The molecule has 0 amide bonds. The van der Waals surface area contributed by atoms with Gasteiger partial charge in [0, 0.05) is 22.9 Å². The maximum atomic E-state index is 6.74. The number of anilines is 3. The topological polar surface area (TPSA) is 21.7 Å². The Morgan fingerprint density at radius 1 is 0.684 bits per heavy atom. The van der Waals surface area contributed by atoms with Crippen LogP contribution < -0.4 is 10.4 Å². The maximum absolute atomic E-state index is 6.74. The summed E-state index contributed by atoms with van der Waals surface area (Å²) in [5, 5.41) is 0. The van der Waals surface area contributed by atoms with Crippen molar-refractivity contribution in [2.45, 2.75) is 83.8 Å². The van der Waals surface area contributed by atoms with Gasteiger partial charge < -0.3 is 14.2 Å². The second-order valence-corrected chi connectivity index (χ2v) is 13.8. The molecule has 2 atom stereocenters. The molecule has 0 spiro atoms. The van der Waals surface area contributed by atoms with Gasteiger partial charge >= 0.3 is 7.12 Å². The van der Waals surface area contributed by atoms with Crippen LogP contribution in [0.1, 0.15) is 89.5 Å². The zero-order valence-corrected chi connectivity index (χ0v) is 23.9. The third kappa shape index (κ3) is 2.94. The Morgan fingerprint density at radius 3 is 1.92 bits per heavy atom. The summed E-state index contributed by atoms with van der Waals surface area (Å²) in [5.41, 5.74) is 9.77. The molecule has 2 unspecified atom stereocenters. The van der Waals surface area contributed by atoms with Crippen LogP contribution in [0.2, 0.25) is 0 Å². The van der Waals surface area contributed by atoms with Gasteiger partial charge in [0.05, 0.1) is 22.6 Å². The SMILES string of the molecule is CC1(C)c2ccccc2N(c2ccccc2)c2cc(B3OC(C)(C)C(C)(C)O3)c3c(c21)C1C=CC3C1(C)C. The number of hydrogen-bond acceptors (Lipinski definition) is 3. The van der Waals surface area contributed by atoms with Crippen LogP contribution >= 0.6 is 0 Å². The predicted octanol–water partition coefficient (Wildman–Crippen LogP) is 7.87. The molecule has 0 radical (unpaired) electrons. The maximum Gasteiger partial charge on any atom is 0.495 e. The minimum atomic E-state index is -0.402. The average molecular weight is 503 g/mol. The number of allylic oxidation sites excluding steroid dienone is 2. The standard InChI is InChI=1S/C34H38BNO2/c1-31(2)23-18-19-24(31)29-28(23)25(35-37-33(5,6)34(7,8)38-35)20-27-30(29)32(3,4)22-16-12-13-17-26(22)36(27)21-14-10-9-11-15-21/h9-20,23-24H,1-8H3. The van der Waals surface area contributed by atoms with E-state index in [0.29, 0.717) is 11.8 Å². The van der Waals surface area contributed by atoms with E-state index in [0.717, 1.165) is 0 Å². The molecule has 2 aliphatic carbocycles. The van der Waals surface area contributed by atoms with Gasteiger partial charge in [-0.05, 0) is 85.1 Å². The lowest BCUT2D eigenvalue weighted by molar-refractivity contribution is 0.00578. The fourth-order valence-electron chi connectivity index (χ4n) is 7.56. The van der Waals surface area contributed by atoms with E-state index >= 15 is 0 Å². The Hall–Kier alpha value is -2.82. The number of rotatable bonds is 2. The predicted molar refractivity (Wildman–Crippen MR) is 157 cm³/mol. The van der Waals surface area contributed by atoms with E-state index in [9.17, 15) is 0 Å². The molecule has 2 heterocycles. The fourth-order valence-corrected chi connectivity index (χ4v) is 7.56. The molecule has 4 heteroatoms. The summed E-state index contributed by atoms with van der Waals surface area (Å²) >= 11 is 0. The first-order valence-electron chi connectivity index (χ1n) is 14.1. The first kappa shape index (κ1) is 24.2. The van der Waals surface area contributed by atoms with Crippen molar-refractivity contribution in [2.75, 3.05) is 4.90 Å². The molecule has 4 aliphatic rings. The van der Waals surface area contributed by atoms with Gasteiger partial charge in [-0.25, -0.2) is 0 Å². The summed E-state index contributed by atoms with van der Waals surface area (Å²) in [7, 11) is -0.402. The highest BCUT2D eigenvalue weighted by Gasteiger charge is 2.58. The molecule has 1 fully saturated rings.